The molecule has 0 spiro atoms. The highest BCUT2D eigenvalue weighted by Crippen LogP contribution is 2.43. The Morgan fingerprint density at radius 1 is 0.523 bits per heavy atom. The second kappa shape index (κ2) is 11.1. The predicted molar refractivity (Wildman–Crippen MR) is 181 cm³/mol. The van der Waals surface area contributed by atoms with Crippen LogP contribution >= 0.6 is 0 Å². The smallest absolute Gasteiger partial charge is 0.0725 e. The Bertz CT molecular complexity index is 2190. The Kier molecular flexibility index (Phi) is 6.50. The van der Waals surface area contributed by atoms with Crippen molar-refractivity contribution in [1.82, 2.24) is 20.3 Å². The summed E-state index contributed by atoms with van der Waals surface area (Å²) in [5.41, 5.74) is 9.69. The highest BCUT2D eigenvalue weighted by atomic mass is 14.9. The lowest BCUT2D eigenvalue weighted by molar-refractivity contribution is 0.775. The molecular formula is C40H28N4. The molecule has 1 N–H and O–H groups in total. The average Bonchev–Trinajstić information content (AvgIpc) is 3.11. The lowest BCUT2D eigenvalue weighted by Gasteiger charge is -2.26. The van der Waals surface area contributed by atoms with Crippen LogP contribution < -0.4 is 5.32 Å². The molecule has 0 saturated heterocycles. The summed E-state index contributed by atoms with van der Waals surface area (Å²) in [6.07, 6.45) is 13.9. The first-order valence-electron chi connectivity index (χ1n) is 14.8. The SMILES string of the molecule is C1=CC(c2c3ccccc3c(-c3cccc(-c4cccnc4)n3)c3cc(-c4ccccc4)ccc23)NC(c2cccnc2)=C1. The second-order valence-electron chi connectivity index (χ2n) is 10.9. The molecule has 44 heavy (non-hydrogen) atoms. The van der Waals surface area contributed by atoms with Crippen LogP contribution in [0.4, 0.5) is 0 Å². The van der Waals surface area contributed by atoms with E-state index >= 15 is 0 Å². The van der Waals surface area contributed by atoms with Gasteiger partial charge in [0.05, 0.1) is 17.4 Å². The molecule has 0 amide bonds. The van der Waals surface area contributed by atoms with Crippen LogP contribution in [0.1, 0.15) is 17.2 Å². The first-order chi connectivity index (χ1) is 21.8. The molecule has 4 heterocycles. The number of allylic oxidation sites excluding steroid dienone is 2. The van der Waals surface area contributed by atoms with Crippen LogP contribution in [0, 0.1) is 0 Å². The zero-order valence-electron chi connectivity index (χ0n) is 23.9. The number of hydrogen-bond acceptors (Lipinski definition) is 4. The quantitative estimate of drug-likeness (QED) is 0.212. The molecule has 4 nitrogen and oxygen atoms in total. The molecule has 4 heteroatoms. The van der Waals surface area contributed by atoms with Crippen molar-refractivity contribution < 1.29 is 0 Å². The van der Waals surface area contributed by atoms with E-state index in [4.69, 9.17) is 4.98 Å². The van der Waals surface area contributed by atoms with Gasteiger partial charge in [0.15, 0.2) is 0 Å². The van der Waals surface area contributed by atoms with E-state index in [0.717, 1.165) is 33.8 Å². The molecule has 1 aliphatic heterocycles. The van der Waals surface area contributed by atoms with Crippen molar-refractivity contribution in [3.63, 3.8) is 0 Å². The topological polar surface area (TPSA) is 50.7 Å². The molecule has 0 fully saturated rings. The van der Waals surface area contributed by atoms with E-state index < -0.39 is 0 Å². The average molecular weight is 565 g/mol. The van der Waals surface area contributed by atoms with E-state index in [1.807, 2.05) is 30.7 Å². The van der Waals surface area contributed by atoms with Crippen LogP contribution in [0.5, 0.6) is 0 Å². The van der Waals surface area contributed by atoms with E-state index in [2.05, 4.69) is 137 Å². The first kappa shape index (κ1) is 25.8. The molecule has 0 saturated carbocycles. The molecule has 0 bridgehead atoms. The lowest BCUT2D eigenvalue weighted by Crippen LogP contribution is -2.21. The fourth-order valence-electron chi connectivity index (χ4n) is 6.28. The van der Waals surface area contributed by atoms with Gasteiger partial charge in [0.2, 0.25) is 0 Å². The van der Waals surface area contributed by atoms with Gasteiger partial charge < -0.3 is 5.32 Å². The molecular weight excluding hydrogens is 536 g/mol. The van der Waals surface area contributed by atoms with E-state index in [1.165, 1.54) is 38.2 Å². The molecule has 1 unspecified atom stereocenters. The van der Waals surface area contributed by atoms with Gasteiger partial charge in [-0.1, -0.05) is 84.9 Å². The maximum absolute atomic E-state index is 5.22. The summed E-state index contributed by atoms with van der Waals surface area (Å²) in [4.78, 5) is 13.9. The van der Waals surface area contributed by atoms with E-state index in [1.54, 1.807) is 6.20 Å². The highest BCUT2D eigenvalue weighted by Gasteiger charge is 2.23. The summed E-state index contributed by atoms with van der Waals surface area (Å²) in [6, 6.07) is 40.5. The van der Waals surface area contributed by atoms with E-state index in [9.17, 15) is 0 Å². The number of benzene rings is 4. The van der Waals surface area contributed by atoms with Crippen molar-refractivity contribution in [1.29, 1.82) is 0 Å². The zero-order chi connectivity index (χ0) is 29.3. The summed E-state index contributed by atoms with van der Waals surface area (Å²) >= 11 is 0. The Morgan fingerprint density at radius 2 is 1.23 bits per heavy atom. The maximum atomic E-state index is 5.22. The molecule has 4 aromatic carbocycles. The van der Waals surface area contributed by atoms with Gasteiger partial charge in [-0.2, -0.15) is 0 Å². The molecule has 208 valence electrons. The fraction of sp³-hybridized carbons (Fsp3) is 0.0250. The van der Waals surface area contributed by atoms with Crippen LogP contribution in [-0.2, 0) is 0 Å². The summed E-state index contributed by atoms with van der Waals surface area (Å²) in [5.74, 6) is 0. The molecule has 1 atom stereocenters. The number of dihydropyridines is 1. The van der Waals surface area contributed by atoms with Gasteiger partial charge in [-0.15, -0.1) is 0 Å². The van der Waals surface area contributed by atoms with Gasteiger partial charge in [-0.05, 0) is 86.8 Å². The molecule has 1 aliphatic rings. The monoisotopic (exact) mass is 564 g/mol. The number of hydrogen-bond donors (Lipinski definition) is 1. The van der Waals surface area contributed by atoms with Crippen molar-refractivity contribution >= 4 is 27.2 Å². The Labute approximate surface area is 256 Å². The van der Waals surface area contributed by atoms with E-state index in [-0.39, 0.29) is 6.04 Å². The van der Waals surface area contributed by atoms with Crippen molar-refractivity contribution in [2.75, 3.05) is 0 Å². The first-order valence-corrected chi connectivity index (χ1v) is 14.8. The Morgan fingerprint density at radius 3 is 2.02 bits per heavy atom. The third-order valence-corrected chi connectivity index (χ3v) is 8.30. The van der Waals surface area contributed by atoms with Crippen molar-refractivity contribution in [2.45, 2.75) is 6.04 Å². The second-order valence-corrected chi connectivity index (χ2v) is 10.9. The highest BCUT2D eigenvalue weighted by molar-refractivity contribution is 6.15. The van der Waals surface area contributed by atoms with Gasteiger partial charge >= 0.3 is 0 Å². The maximum Gasteiger partial charge on any atom is 0.0725 e. The normalized spacial score (nSPS) is 14.4. The number of nitrogens with one attached hydrogen (secondary N) is 1. The van der Waals surface area contributed by atoms with E-state index in [0.29, 0.717) is 0 Å². The predicted octanol–water partition coefficient (Wildman–Crippen LogP) is 9.42. The fourth-order valence-corrected chi connectivity index (χ4v) is 6.28. The number of fused-ring (bicyclic) bond motifs is 2. The number of rotatable bonds is 5. The van der Waals surface area contributed by atoms with Crippen LogP contribution in [0.25, 0.3) is 60.9 Å². The number of nitrogens with zero attached hydrogens (tertiary/aromatic N) is 3. The van der Waals surface area contributed by atoms with Crippen LogP contribution in [0.3, 0.4) is 0 Å². The largest absolute Gasteiger partial charge is 0.374 e. The van der Waals surface area contributed by atoms with Crippen LogP contribution in [-0.4, -0.2) is 15.0 Å². The lowest BCUT2D eigenvalue weighted by atomic mass is 9.85. The standard InChI is InChI=1S/C40H28N4/c1-2-10-27(11-3-1)28-20-21-33-34(24-28)40(38-19-7-17-36(44-38)30-13-9-23-42-26-30)32-15-5-4-14-31(32)39(33)37-18-6-16-35(43-37)29-12-8-22-41-25-29/h1-26,37,43H. The van der Waals surface area contributed by atoms with Crippen LogP contribution in [0.15, 0.2) is 158 Å². The minimum Gasteiger partial charge on any atom is -0.374 e. The van der Waals surface area contributed by atoms with Crippen molar-refractivity contribution in [3.05, 3.63) is 169 Å². The Hall–Kier alpha value is -5.87. The number of aromatic nitrogens is 3. The molecule has 3 aromatic heterocycles. The third-order valence-electron chi connectivity index (χ3n) is 8.30. The number of pyridine rings is 3. The van der Waals surface area contributed by atoms with Gasteiger partial charge in [0.25, 0.3) is 0 Å². The summed E-state index contributed by atoms with van der Waals surface area (Å²) in [5, 5.41) is 8.55. The molecule has 8 rings (SSSR count). The minimum absolute atomic E-state index is 0.0334. The minimum atomic E-state index is -0.0334. The summed E-state index contributed by atoms with van der Waals surface area (Å²) < 4.78 is 0. The molecule has 7 aromatic rings. The summed E-state index contributed by atoms with van der Waals surface area (Å²) in [6.45, 7) is 0. The van der Waals surface area contributed by atoms with Crippen molar-refractivity contribution in [3.8, 4) is 33.6 Å². The molecule has 0 radical (unpaired) electrons. The third kappa shape index (κ3) is 4.63. The van der Waals surface area contributed by atoms with Gasteiger partial charge in [-0.25, -0.2) is 4.98 Å². The van der Waals surface area contributed by atoms with Crippen LogP contribution in [0.2, 0.25) is 0 Å². The molecule has 0 aliphatic carbocycles. The van der Waals surface area contributed by atoms with Crippen molar-refractivity contribution in [2.24, 2.45) is 0 Å². The Balaban J connectivity index is 1.39. The zero-order valence-corrected chi connectivity index (χ0v) is 23.9. The van der Waals surface area contributed by atoms with Gasteiger partial charge in [0.1, 0.15) is 0 Å². The summed E-state index contributed by atoms with van der Waals surface area (Å²) in [7, 11) is 0. The van der Waals surface area contributed by atoms with Gasteiger partial charge in [0, 0.05) is 47.2 Å². The van der Waals surface area contributed by atoms with Gasteiger partial charge in [-0.3, -0.25) is 9.97 Å².